The van der Waals surface area contributed by atoms with Gasteiger partial charge in [0.15, 0.2) is 0 Å². The first kappa shape index (κ1) is 12.9. The number of hydrogen-bond acceptors (Lipinski definition) is 3. The first-order chi connectivity index (χ1) is 9.13. The van der Waals surface area contributed by atoms with Gasteiger partial charge in [-0.25, -0.2) is 4.98 Å². The summed E-state index contributed by atoms with van der Waals surface area (Å²) >= 11 is 9.57. The SMILES string of the molecule is Cc1c(Cl)nc(C2CC2)nc1Oc1cccc(Br)c1. The van der Waals surface area contributed by atoms with Crippen molar-refractivity contribution in [1.29, 1.82) is 0 Å². The molecular formula is C14H12BrClN2O. The Labute approximate surface area is 125 Å². The third-order valence-electron chi connectivity index (χ3n) is 3.01. The van der Waals surface area contributed by atoms with Gasteiger partial charge in [0.05, 0.1) is 0 Å². The molecule has 2 aromatic rings. The van der Waals surface area contributed by atoms with Crippen LogP contribution in [0.1, 0.15) is 30.1 Å². The van der Waals surface area contributed by atoms with E-state index >= 15 is 0 Å². The Morgan fingerprint density at radius 1 is 1.32 bits per heavy atom. The van der Waals surface area contributed by atoms with Crippen LogP contribution in [0, 0.1) is 6.92 Å². The molecular weight excluding hydrogens is 328 g/mol. The minimum atomic E-state index is 0.447. The van der Waals surface area contributed by atoms with Crippen molar-refractivity contribution >= 4 is 27.5 Å². The normalized spacial score (nSPS) is 14.5. The first-order valence-corrected chi connectivity index (χ1v) is 7.28. The summed E-state index contributed by atoms with van der Waals surface area (Å²) in [4.78, 5) is 8.81. The molecule has 1 saturated carbocycles. The van der Waals surface area contributed by atoms with Crippen molar-refractivity contribution in [2.45, 2.75) is 25.7 Å². The van der Waals surface area contributed by atoms with Crippen molar-refractivity contribution in [2.24, 2.45) is 0 Å². The topological polar surface area (TPSA) is 35.0 Å². The lowest BCUT2D eigenvalue weighted by atomic mass is 10.3. The number of nitrogens with zero attached hydrogens (tertiary/aromatic N) is 2. The van der Waals surface area contributed by atoms with E-state index in [2.05, 4.69) is 25.9 Å². The largest absolute Gasteiger partial charge is 0.439 e. The molecule has 98 valence electrons. The molecule has 0 amide bonds. The zero-order valence-electron chi connectivity index (χ0n) is 10.4. The number of hydrogen-bond donors (Lipinski definition) is 0. The van der Waals surface area contributed by atoms with E-state index in [1.807, 2.05) is 31.2 Å². The average molecular weight is 340 g/mol. The minimum Gasteiger partial charge on any atom is -0.439 e. The molecule has 3 rings (SSSR count). The predicted molar refractivity (Wildman–Crippen MR) is 78.0 cm³/mol. The third-order valence-corrected chi connectivity index (χ3v) is 3.87. The second-order valence-corrected chi connectivity index (χ2v) is 5.91. The van der Waals surface area contributed by atoms with E-state index in [-0.39, 0.29) is 0 Å². The number of rotatable bonds is 3. The van der Waals surface area contributed by atoms with E-state index in [4.69, 9.17) is 16.3 Å². The molecule has 1 aromatic heterocycles. The molecule has 0 radical (unpaired) electrons. The minimum absolute atomic E-state index is 0.447. The predicted octanol–water partition coefficient (Wildman–Crippen LogP) is 4.87. The fourth-order valence-corrected chi connectivity index (χ4v) is 2.30. The van der Waals surface area contributed by atoms with Gasteiger partial charge in [0.1, 0.15) is 16.7 Å². The summed E-state index contributed by atoms with van der Waals surface area (Å²) in [5.74, 6) is 2.51. The van der Waals surface area contributed by atoms with Gasteiger partial charge in [-0.05, 0) is 38.0 Å². The summed E-state index contributed by atoms with van der Waals surface area (Å²) < 4.78 is 6.79. The lowest BCUT2D eigenvalue weighted by Crippen LogP contribution is -2.00. The van der Waals surface area contributed by atoms with Gasteiger partial charge in [-0.2, -0.15) is 4.98 Å². The molecule has 1 aromatic carbocycles. The number of aromatic nitrogens is 2. The quantitative estimate of drug-likeness (QED) is 0.748. The van der Waals surface area contributed by atoms with Gasteiger partial charge < -0.3 is 4.74 Å². The maximum Gasteiger partial charge on any atom is 0.226 e. The van der Waals surface area contributed by atoms with Crippen LogP contribution in [-0.2, 0) is 0 Å². The van der Waals surface area contributed by atoms with Gasteiger partial charge in [0.25, 0.3) is 0 Å². The Kier molecular flexibility index (Phi) is 3.46. The molecule has 0 spiro atoms. The monoisotopic (exact) mass is 338 g/mol. The highest BCUT2D eigenvalue weighted by atomic mass is 79.9. The Morgan fingerprint density at radius 2 is 2.11 bits per heavy atom. The maximum atomic E-state index is 6.15. The molecule has 5 heteroatoms. The highest BCUT2D eigenvalue weighted by molar-refractivity contribution is 9.10. The summed E-state index contributed by atoms with van der Waals surface area (Å²) in [6.45, 7) is 1.87. The van der Waals surface area contributed by atoms with Gasteiger partial charge in [0.2, 0.25) is 5.88 Å². The molecule has 19 heavy (non-hydrogen) atoms. The van der Waals surface area contributed by atoms with E-state index in [1.165, 1.54) is 0 Å². The van der Waals surface area contributed by atoms with Gasteiger partial charge in [-0.15, -0.1) is 0 Å². The molecule has 3 nitrogen and oxygen atoms in total. The van der Waals surface area contributed by atoms with Crippen LogP contribution in [0.5, 0.6) is 11.6 Å². The maximum absolute atomic E-state index is 6.15. The van der Waals surface area contributed by atoms with Crippen molar-refractivity contribution < 1.29 is 4.74 Å². The Hall–Kier alpha value is -1.13. The summed E-state index contributed by atoms with van der Waals surface area (Å²) in [7, 11) is 0. The Morgan fingerprint density at radius 3 is 2.79 bits per heavy atom. The molecule has 1 aliphatic rings. The first-order valence-electron chi connectivity index (χ1n) is 6.11. The number of benzene rings is 1. The van der Waals surface area contributed by atoms with E-state index in [0.29, 0.717) is 17.0 Å². The van der Waals surface area contributed by atoms with Crippen molar-refractivity contribution in [3.05, 3.63) is 45.3 Å². The lowest BCUT2D eigenvalue weighted by Gasteiger charge is -2.10. The van der Waals surface area contributed by atoms with Crippen LogP contribution in [-0.4, -0.2) is 9.97 Å². The molecule has 1 heterocycles. The van der Waals surface area contributed by atoms with Crippen LogP contribution in [0.3, 0.4) is 0 Å². The molecule has 0 unspecified atom stereocenters. The molecule has 0 aliphatic heterocycles. The molecule has 1 aliphatic carbocycles. The Balaban J connectivity index is 1.95. The van der Waals surface area contributed by atoms with E-state index < -0.39 is 0 Å². The standard InChI is InChI=1S/C14H12BrClN2O/c1-8-12(16)17-13(9-5-6-9)18-14(8)19-11-4-2-3-10(15)7-11/h2-4,7,9H,5-6H2,1H3. The number of halogens is 2. The Bertz CT molecular complexity index is 629. The second-order valence-electron chi connectivity index (χ2n) is 4.64. The van der Waals surface area contributed by atoms with E-state index in [1.54, 1.807) is 0 Å². The summed E-state index contributed by atoms with van der Waals surface area (Å²) in [6, 6.07) is 7.64. The van der Waals surface area contributed by atoms with Crippen LogP contribution in [0.25, 0.3) is 0 Å². The van der Waals surface area contributed by atoms with E-state index in [9.17, 15) is 0 Å². The van der Waals surface area contributed by atoms with Gasteiger partial charge in [-0.3, -0.25) is 0 Å². The molecule has 1 fully saturated rings. The van der Waals surface area contributed by atoms with Crippen LogP contribution in [0.15, 0.2) is 28.7 Å². The fourth-order valence-electron chi connectivity index (χ4n) is 1.75. The van der Waals surface area contributed by atoms with Crippen LogP contribution >= 0.6 is 27.5 Å². The van der Waals surface area contributed by atoms with Crippen molar-refractivity contribution in [2.75, 3.05) is 0 Å². The fraction of sp³-hybridized carbons (Fsp3) is 0.286. The van der Waals surface area contributed by atoms with Crippen molar-refractivity contribution in [1.82, 2.24) is 9.97 Å². The third kappa shape index (κ3) is 2.90. The molecule has 0 N–H and O–H groups in total. The smallest absolute Gasteiger partial charge is 0.226 e. The second kappa shape index (κ2) is 5.10. The molecule has 0 bridgehead atoms. The van der Waals surface area contributed by atoms with Crippen LogP contribution in [0.4, 0.5) is 0 Å². The zero-order chi connectivity index (χ0) is 13.4. The van der Waals surface area contributed by atoms with Crippen molar-refractivity contribution in [3.63, 3.8) is 0 Å². The average Bonchev–Trinajstić information content (AvgIpc) is 3.19. The molecule has 0 atom stereocenters. The van der Waals surface area contributed by atoms with E-state index in [0.717, 1.165) is 34.5 Å². The number of ether oxygens (including phenoxy) is 1. The summed E-state index contributed by atoms with van der Waals surface area (Å²) in [5.41, 5.74) is 0.769. The summed E-state index contributed by atoms with van der Waals surface area (Å²) in [5, 5.41) is 0.474. The summed E-state index contributed by atoms with van der Waals surface area (Å²) in [6.07, 6.45) is 2.27. The van der Waals surface area contributed by atoms with Gasteiger partial charge in [0, 0.05) is 16.0 Å². The van der Waals surface area contributed by atoms with Crippen LogP contribution < -0.4 is 4.74 Å². The van der Waals surface area contributed by atoms with Gasteiger partial charge >= 0.3 is 0 Å². The van der Waals surface area contributed by atoms with Gasteiger partial charge in [-0.1, -0.05) is 33.6 Å². The highest BCUT2D eigenvalue weighted by Gasteiger charge is 2.28. The molecule has 0 saturated heterocycles. The van der Waals surface area contributed by atoms with Crippen LogP contribution in [0.2, 0.25) is 5.15 Å². The highest BCUT2D eigenvalue weighted by Crippen LogP contribution is 2.40. The lowest BCUT2D eigenvalue weighted by molar-refractivity contribution is 0.454. The zero-order valence-corrected chi connectivity index (χ0v) is 12.7. The van der Waals surface area contributed by atoms with Crippen molar-refractivity contribution in [3.8, 4) is 11.6 Å².